The maximum atomic E-state index is 12.3. The van der Waals surface area contributed by atoms with Crippen molar-refractivity contribution in [2.24, 2.45) is 5.92 Å². The summed E-state index contributed by atoms with van der Waals surface area (Å²) in [5.74, 6) is -0.130. The number of halogens is 1. The second kappa shape index (κ2) is 8.87. The molecule has 0 fully saturated rings. The third kappa shape index (κ3) is 5.47. The molecule has 2 aromatic carbocycles. The first-order chi connectivity index (χ1) is 11.9. The molecule has 0 aliphatic carbocycles. The number of phenols is 1. The molecule has 1 amide bonds. The van der Waals surface area contributed by atoms with Crippen LogP contribution in [0, 0.1) is 12.8 Å². The van der Waals surface area contributed by atoms with Crippen LogP contribution in [0.4, 0.5) is 10.5 Å². The van der Waals surface area contributed by atoms with Gasteiger partial charge in [0, 0.05) is 22.3 Å². The highest BCUT2D eigenvalue weighted by molar-refractivity contribution is 9.10. The maximum absolute atomic E-state index is 12.3. The van der Waals surface area contributed by atoms with Gasteiger partial charge in [-0.3, -0.25) is 5.32 Å². The maximum Gasteiger partial charge on any atom is 0.412 e. The van der Waals surface area contributed by atoms with Crippen LogP contribution < -0.4 is 5.32 Å². The Hall–Kier alpha value is -2.05. The summed E-state index contributed by atoms with van der Waals surface area (Å²) in [6.07, 6.45) is -0.859. The Kier molecular flexibility index (Phi) is 6.84. The van der Waals surface area contributed by atoms with Crippen LogP contribution >= 0.6 is 15.9 Å². The molecule has 0 saturated carbocycles. The lowest BCUT2D eigenvalue weighted by Crippen LogP contribution is -2.22. The molecule has 2 rings (SSSR count). The fraction of sp³-hybridized carbons (Fsp3) is 0.316. The van der Waals surface area contributed by atoms with Crippen LogP contribution in [0.25, 0.3) is 0 Å². The zero-order chi connectivity index (χ0) is 18.4. The number of ether oxygens (including phenoxy) is 1. The Morgan fingerprint density at radius 3 is 2.56 bits per heavy atom. The van der Waals surface area contributed by atoms with Gasteiger partial charge in [0.15, 0.2) is 0 Å². The lowest BCUT2D eigenvalue weighted by Gasteiger charge is -2.25. The molecule has 0 spiro atoms. The number of aliphatic hydroxyl groups is 1. The summed E-state index contributed by atoms with van der Waals surface area (Å²) in [7, 11) is 0. The summed E-state index contributed by atoms with van der Waals surface area (Å²) in [6.45, 7) is 3.79. The van der Waals surface area contributed by atoms with Gasteiger partial charge < -0.3 is 14.9 Å². The number of rotatable bonds is 6. The standard InChI is InChI=1S/C19H22BrNO4/c1-12-3-6-15(7-4-12)21-19(24)25-18(13(2)9-10-22)16-11-14(20)5-8-17(16)23/h3-8,11,13,18,22-23H,9-10H2,1-2H3,(H,21,24)/t13-,18+/m1/s1. The molecule has 0 unspecified atom stereocenters. The molecule has 0 saturated heterocycles. The van der Waals surface area contributed by atoms with E-state index in [4.69, 9.17) is 4.74 Å². The lowest BCUT2D eigenvalue weighted by molar-refractivity contribution is 0.0652. The molecule has 2 atom stereocenters. The van der Waals surface area contributed by atoms with E-state index >= 15 is 0 Å². The van der Waals surface area contributed by atoms with E-state index in [-0.39, 0.29) is 18.3 Å². The Bertz CT molecular complexity index is 718. The molecule has 0 aliphatic rings. The van der Waals surface area contributed by atoms with Crippen LogP contribution in [0.15, 0.2) is 46.9 Å². The number of hydrogen-bond acceptors (Lipinski definition) is 4. The van der Waals surface area contributed by atoms with Gasteiger partial charge in [0.25, 0.3) is 0 Å². The third-order valence-corrected chi connectivity index (χ3v) is 4.42. The average Bonchev–Trinajstić information content (AvgIpc) is 2.57. The van der Waals surface area contributed by atoms with Crippen molar-refractivity contribution in [2.75, 3.05) is 11.9 Å². The average molecular weight is 408 g/mol. The number of hydrogen-bond donors (Lipinski definition) is 3. The minimum Gasteiger partial charge on any atom is -0.508 e. The van der Waals surface area contributed by atoms with Gasteiger partial charge >= 0.3 is 6.09 Å². The minimum absolute atomic E-state index is 0.0324. The van der Waals surface area contributed by atoms with E-state index in [2.05, 4.69) is 21.2 Å². The van der Waals surface area contributed by atoms with Crippen molar-refractivity contribution in [2.45, 2.75) is 26.4 Å². The van der Waals surface area contributed by atoms with Crippen molar-refractivity contribution in [3.05, 3.63) is 58.1 Å². The van der Waals surface area contributed by atoms with E-state index in [9.17, 15) is 15.0 Å². The first kappa shape index (κ1) is 19.3. The molecule has 6 heteroatoms. The fourth-order valence-electron chi connectivity index (χ4n) is 2.49. The topological polar surface area (TPSA) is 78.8 Å². The largest absolute Gasteiger partial charge is 0.508 e. The Balaban J connectivity index is 2.19. The van der Waals surface area contributed by atoms with Gasteiger partial charge in [-0.25, -0.2) is 4.79 Å². The second-order valence-corrected chi connectivity index (χ2v) is 6.93. The quantitative estimate of drug-likeness (QED) is 0.643. The van der Waals surface area contributed by atoms with E-state index in [0.29, 0.717) is 17.7 Å². The van der Waals surface area contributed by atoms with Crippen molar-refractivity contribution in [3.8, 4) is 5.75 Å². The molecule has 25 heavy (non-hydrogen) atoms. The van der Waals surface area contributed by atoms with Gasteiger partial charge in [-0.15, -0.1) is 0 Å². The molecule has 0 aliphatic heterocycles. The van der Waals surface area contributed by atoms with Gasteiger partial charge in [0.1, 0.15) is 11.9 Å². The molecule has 3 N–H and O–H groups in total. The first-order valence-electron chi connectivity index (χ1n) is 8.04. The van der Waals surface area contributed by atoms with Crippen molar-refractivity contribution in [1.29, 1.82) is 0 Å². The number of benzene rings is 2. The molecule has 5 nitrogen and oxygen atoms in total. The number of aryl methyl sites for hydroxylation is 1. The first-order valence-corrected chi connectivity index (χ1v) is 8.83. The highest BCUT2D eigenvalue weighted by atomic mass is 79.9. The van der Waals surface area contributed by atoms with Crippen LogP contribution in [0.3, 0.4) is 0 Å². The van der Waals surface area contributed by atoms with Gasteiger partial charge in [-0.2, -0.15) is 0 Å². The SMILES string of the molecule is Cc1ccc(NC(=O)O[C@H](c2cc(Br)ccc2O)[C@H](C)CCO)cc1. The summed E-state index contributed by atoms with van der Waals surface area (Å²) in [6, 6.07) is 12.3. The van der Waals surface area contributed by atoms with Gasteiger partial charge in [0.2, 0.25) is 0 Å². The molecule has 134 valence electrons. The number of amides is 1. The number of aliphatic hydroxyl groups excluding tert-OH is 1. The van der Waals surface area contributed by atoms with Gasteiger partial charge in [-0.1, -0.05) is 40.5 Å². The monoisotopic (exact) mass is 407 g/mol. The zero-order valence-electron chi connectivity index (χ0n) is 14.2. The van der Waals surface area contributed by atoms with Gasteiger partial charge in [-0.05, 0) is 49.6 Å². The third-order valence-electron chi connectivity index (χ3n) is 3.93. The summed E-state index contributed by atoms with van der Waals surface area (Å²) in [4.78, 5) is 12.3. The number of nitrogens with one attached hydrogen (secondary N) is 1. The van der Waals surface area contributed by atoms with E-state index in [0.717, 1.165) is 10.0 Å². The zero-order valence-corrected chi connectivity index (χ0v) is 15.8. The summed E-state index contributed by atoms with van der Waals surface area (Å²) in [5, 5.41) is 22.1. The summed E-state index contributed by atoms with van der Waals surface area (Å²) >= 11 is 3.36. The van der Waals surface area contributed by atoms with Crippen LogP contribution in [0.2, 0.25) is 0 Å². The van der Waals surface area contributed by atoms with Crippen molar-refractivity contribution >= 4 is 27.7 Å². The number of anilines is 1. The number of aromatic hydroxyl groups is 1. The molecular weight excluding hydrogens is 386 g/mol. The number of phenolic OH excluding ortho intramolecular Hbond substituents is 1. The molecular formula is C19H22BrNO4. The predicted molar refractivity (Wildman–Crippen MR) is 101 cm³/mol. The van der Waals surface area contributed by atoms with Crippen molar-refractivity contribution in [3.63, 3.8) is 0 Å². The van der Waals surface area contributed by atoms with Crippen LogP contribution in [-0.4, -0.2) is 22.9 Å². The molecule has 0 radical (unpaired) electrons. The Morgan fingerprint density at radius 2 is 1.92 bits per heavy atom. The van der Waals surface area contributed by atoms with E-state index in [1.165, 1.54) is 0 Å². The molecule has 2 aromatic rings. The number of carbonyl (C=O) groups is 1. The summed E-state index contributed by atoms with van der Waals surface area (Å²) in [5.41, 5.74) is 2.21. The highest BCUT2D eigenvalue weighted by Crippen LogP contribution is 2.36. The fourth-order valence-corrected chi connectivity index (χ4v) is 2.87. The van der Waals surface area contributed by atoms with Crippen LogP contribution in [-0.2, 0) is 4.74 Å². The van der Waals surface area contributed by atoms with Crippen LogP contribution in [0.1, 0.15) is 30.6 Å². The van der Waals surface area contributed by atoms with Gasteiger partial charge in [0.05, 0.1) is 0 Å². The second-order valence-electron chi connectivity index (χ2n) is 6.01. The van der Waals surface area contributed by atoms with E-state index < -0.39 is 12.2 Å². The predicted octanol–water partition coefficient (Wildman–Crippen LogP) is 4.77. The van der Waals surface area contributed by atoms with Crippen LogP contribution in [0.5, 0.6) is 5.75 Å². The Morgan fingerprint density at radius 1 is 1.24 bits per heavy atom. The molecule has 0 heterocycles. The lowest BCUT2D eigenvalue weighted by atomic mass is 9.94. The van der Waals surface area contributed by atoms with Crippen molar-refractivity contribution < 1.29 is 19.7 Å². The molecule has 0 aromatic heterocycles. The normalized spacial score (nSPS) is 13.1. The van der Waals surface area contributed by atoms with Crippen molar-refractivity contribution in [1.82, 2.24) is 0 Å². The smallest absolute Gasteiger partial charge is 0.412 e. The van der Waals surface area contributed by atoms with E-state index in [1.807, 2.05) is 26.0 Å². The molecule has 0 bridgehead atoms. The Labute approximate surface area is 155 Å². The highest BCUT2D eigenvalue weighted by Gasteiger charge is 2.26. The summed E-state index contributed by atoms with van der Waals surface area (Å²) < 4.78 is 6.35. The minimum atomic E-state index is -0.685. The number of carbonyl (C=O) groups excluding carboxylic acids is 1. The van der Waals surface area contributed by atoms with E-state index in [1.54, 1.807) is 30.3 Å².